The Balaban J connectivity index is 0.000000501. The number of hydrogen-bond donors (Lipinski definition) is 2. The molecule has 0 bridgehead atoms. The number of hydrogen-bond acceptors (Lipinski definition) is 4. The first-order valence-corrected chi connectivity index (χ1v) is 13.4. The third kappa shape index (κ3) is 9.81. The van der Waals surface area contributed by atoms with Gasteiger partial charge in [-0.1, -0.05) is 64.1 Å². The van der Waals surface area contributed by atoms with Crippen LogP contribution in [-0.4, -0.2) is 21.8 Å². The van der Waals surface area contributed by atoms with Crippen LogP contribution >= 0.6 is 0 Å². The molecule has 3 aromatic carbocycles. The maximum absolute atomic E-state index is 12.8. The quantitative estimate of drug-likeness (QED) is 0.260. The van der Waals surface area contributed by atoms with E-state index < -0.39 is 11.6 Å². The second-order valence-electron chi connectivity index (χ2n) is 11.0. The van der Waals surface area contributed by atoms with Gasteiger partial charge in [0.25, 0.3) is 0 Å². The summed E-state index contributed by atoms with van der Waals surface area (Å²) < 4.78 is 6.22. The Bertz CT molecular complexity index is 1650. The molecule has 2 unspecified atom stereocenters. The average molecular weight is 578 g/mol. The molecule has 41 heavy (non-hydrogen) atoms. The maximum atomic E-state index is 12.8. The molecule has 0 aliphatic rings. The van der Waals surface area contributed by atoms with E-state index in [1.165, 1.54) is 6.07 Å². The largest absolute Gasteiger partial charge is 1.00 e. The number of benzene rings is 3. The van der Waals surface area contributed by atoms with Gasteiger partial charge in [0.1, 0.15) is 5.76 Å². The zero-order chi connectivity index (χ0) is 29.6. The molecule has 4 rings (SSSR count). The van der Waals surface area contributed by atoms with E-state index in [0.29, 0.717) is 29.1 Å². The standard InChI is InChI=1S/C28H33O3.C7H5O2.K/c1-8-21-11-17(2)12-24-25(29)15-26(31-27(21)24)22-10-9-18(3)23(14-22)13-19(4)20(5)16-28(6,7)30;8-7(9)6-4-2-1-3-5-6;/h8-15,19-20,30H,3,16H2,1-2,4-7H3;1-4H,(H,8,9);/q2*-1;+1/b23-13-;;. The Hall–Kier alpha value is -2.45. The summed E-state index contributed by atoms with van der Waals surface area (Å²) in [4.78, 5) is 23.0. The fourth-order valence-electron chi connectivity index (χ4n) is 4.64. The van der Waals surface area contributed by atoms with E-state index in [2.05, 4.69) is 32.6 Å². The molecule has 1 aromatic heterocycles. The predicted molar refractivity (Wildman–Crippen MR) is 162 cm³/mol. The van der Waals surface area contributed by atoms with E-state index >= 15 is 0 Å². The third-order valence-corrected chi connectivity index (χ3v) is 6.84. The van der Waals surface area contributed by atoms with Gasteiger partial charge in [-0.2, -0.15) is 12.5 Å². The summed E-state index contributed by atoms with van der Waals surface area (Å²) >= 11 is 0. The number of carboxylic acids is 1. The van der Waals surface area contributed by atoms with Crippen molar-refractivity contribution in [1.29, 1.82) is 0 Å². The molecule has 0 spiro atoms. The molecular formula is C35H38KO5-. The van der Waals surface area contributed by atoms with Gasteiger partial charge in [0.05, 0.1) is 5.60 Å². The van der Waals surface area contributed by atoms with Crippen LogP contribution in [0.5, 0.6) is 0 Å². The molecule has 0 aliphatic heterocycles. The Labute approximate surface area is 285 Å². The normalized spacial score (nSPS) is 13.0. The van der Waals surface area contributed by atoms with Crippen LogP contribution in [0.2, 0.25) is 0 Å². The first-order chi connectivity index (χ1) is 18.8. The minimum atomic E-state index is -0.935. The van der Waals surface area contributed by atoms with Crippen molar-refractivity contribution in [2.45, 2.75) is 53.6 Å². The number of aryl methyl sites for hydroxylation is 1. The summed E-state index contributed by atoms with van der Waals surface area (Å²) in [5.41, 5.74) is 2.89. The SMILES string of the molecule is C=c1ccc(-c2cc(=O)c3cc(C)cc([CH-]C)c3o2)c/c1=C/C(C)C(C)CC(C)(C)O.O=C(O)c1[c-]cccc1.[K+]. The van der Waals surface area contributed by atoms with Crippen molar-refractivity contribution in [2.24, 2.45) is 11.8 Å². The van der Waals surface area contributed by atoms with E-state index in [4.69, 9.17) is 9.52 Å². The number of fused-ring (bicyclic) bond motifs is 1. The minimum Gasteiger partial charge on any atom is -0.521 e. The molecule has 0 fully saturated rings. The smallest absolute Gasteiger partial charge is 0.521 e. The summed E-state index contributed by atoms with van der Waals surface area (Å²) in [6.45, 7) is 16.1. The first-order valence-electron chi connectivity index (χ1n) is 13.4. The topological polar surface area (TPSA) is 87.7 Å². The van der Waals surface area contributed by atoms with Crippen LogP contribution in [0.15, 0.2) is 69.9 Å². The van der Waals surface area contributed by atoms with Crippen LogP contribution in [0.4, 0.5) is 0 Å². The number of aliphatic hydroxyl groups is 1. The van der Waals surface area contributed by atoms with Crippen molar-refractivity contribution in [3.05, 3.63) is 111 Å². The van der Waals surface area contributed by atoms with Gasteiger partial charge in [-0.15, -0.1) is 41.5 Å². The zero-order valence-electron chi connectivity index (χ0n) is 25.1. The van der Waals surface area contributed by atoms with Crippen LogP contribution in [0.3, 0.4) is 0 Å². The number of rotatable bonds is 7. The van der Waals surface area contributed by atoms with E-state index in [0.717, 1.165) is 27.1 Å². The van der Waals surface area contributed by atoms with E-state index in [1.54, 1.807) is 24.3 Å². The van der Waals surface area contributed by atoms with Crippen molar-refractivity contribution < 1.29 is 70.8 Å². The molecule has 0 radical (unpaired) electrons. The molecule has 2 atom stereocenters. The fourth-order valence-corrected chi connectivity index (χ4v) is 4.64. The summed E-state index contributed by atoms with van der Waals surface area (Å²) in [6.07, 6.45) is 4.87. The molecule has 0 amide bonds. The van der Waals surface area contributed by atoms with Gasteiger partial charge in [-0.3, -0.25) is 4.79 Å². The van der Waals surface area contributed by atoms with Crippen molar-refractivity contribution >= 4 is 29.6 Å². The van der Waals surface area contributed by atoms with Gasteiger partial charge in [-0.25, -0.2) is 0 Å². The van der Waals surface area contributed by atoms with E-state index in [-0.39, 0.29) is 68.3 Å². The summed E-state index contributed by atoms with van der Waals surface area (Å²) in [5, 5.41) is 21.0. The number of aromatic carboxylic acids is 1. The van der Waals surface area contributed by atoms with Gasteiger partial charge < -0.3 is 19.4 Å². The number of carboxylic acid groups (broad SMARTS) is 1. The van der Waals surface area contributed by atoms with Crippen molar-refractivity contribution in [3.63, 3.8) is 0 Å². The molecule has 1 heterocycles. The predicted octanol–water partition coefficient (Wildman–Crippen LogP) is 3.15. The van der Waals surface area contributed by atoms with Gasteiger partial charge in [0, 0.05) is 22.6 Å². The monoisotopic (exact) mass is 577 g/mol. The number of carbonyl (C=O) groups is 1. The molecule has 4 aromatic rings. The van der Waals surface area contributed by atoms with Gasteiger partial charge >= 0.3 is 51.4 Å². The molecule has 210 valence electrons. The first kappa shape index (κ1) is 34.7. The van der Waals surface area contributed by atoms with E-state index in [1.807, 2.05) is 64.4 Å². The Morgan fingerprint density at radius 2 is 1.85 bits per heavy atom. The average Bonchev–Trinajstić information content (AvgIpc) is 2.89. The molecule has 5 nitrogen and oxygen atoms in total. The van der Waals surface area contributed by atoms with Crippen LogP contribution in [-0.2, 0) is 0 Å². The third-order valence-electron chi connectivity index (χ3n) is 6.84. The summed E-state index contributed by atoms with van der Waals surface area (Å²) in [7, 11) is 0. The molecular weight excluding hydrogens is 539 g/mol. The molecule has 0 aliphatic carbocycles. The van der Waals surface area contributed by atoms with Crippen molar-refractivity contribution in [3.8, 4) is 11.3 Å². The van der Waals surface area contributed by atoms with Crippen LogP contribution in [0, 0.1) is 31.2 Å². The van der Waals surface area contributed by atoms with E-state index in [9.17, 15) is 14.7 Å². The maximum Gasteiger partial charge on any atom is 1.00 e. The molecule has 2 N–H and O–H groups in total. The van der Waals surface area contributed by atoms with Crippen molar-refractivity contribution in [2.75, 3.05) is 0 Å². The van der Waals surface area contributed by atoms with Crippen LogP contribution in [0.25, 0.3) is 34.9 Å². The Morgan fingerprint density at radius 3 is 2.41 bits per heavy atom. The molecule has 0 saturated heterocycles. The molecule has 6 heteroatoms. The summed E-state index contributed by atoms with van der Waals surface area (Å²) in [5.74, 6) is 0.189. The van der Waals surface area contributed by atoms with Gasteiger partial charge in [-0.05, 0) is 48.6 Å². The van der Waals surface area contributed by atoms with Crippen LogP contribution < -0.4 is 67.3 Å². The zero-order valence-corrected chi connectivity index (χ0v) is 28.2. The Morgan fingerprint density at radius 1 is 1.15 bits per heavy atom. The molecule has 0 saturated carbocycles. The summed E-state index contributed by atoms with van der Waals surface area (Å²) in [6, 6.07) is 20.4. The van der Waals surface area contributed by atoms with Gasteiger partial charge in [0.15, 0.2) is 5.43 Å². The van der Waals surface area contributed by atoms with Crippen molar-refractivity contribution in [1.82, 2.24) is 0 Å². The Kier molecular flexibility index (Phi) is 12.8. The second kappa shape index (κ2) is 15.1. The minimum absolute atomic E-state index is 0. The second-order valence-corrected chi connectivity index (χ2v) is 11.0. The van der Waals surface area contributed by atoms with Gasteiger partial charge in [0.2, 0.25) is 5.97 Å². The fraction of sp³-hybridized carbons (Fsp3) is 0.286. The van der Waals surface area contributed by atoms with Crippen LogP contribution in [0.1, 0.15) is 62.5 Å².